The first-order valence-electron chi connectivity index (χ1n) is 9.78. The van der Waals surface area contributed by atoms with Crippen LogP contribution in [0.5, 0.6) is 0 Å². The molecule has 0 atom stereocenters. The molecule has 3 rings (SSSR count). The zero-order valence-electron chi connectivity index (χ0n) is 15.4. The van der Waals surface area contributed by atoms with Crippen molar-refractivity contribution in [1.29, 1.82) is 0 Å². The second-order valence-corrected chi connectivity index (χ2v) is 8.19. The second-order valence-electron chi connectivity index (χ2n) is 7.78. The molecule has 4 heteroatoms. The molecular formula is C21H32ClNO2. The summed E-state index contributed by atoms with van der Waals surface area (Å²) < 4.78 is 11.0. The van der Waals surface area contributed by atoms with E-state index in [0.717, 1.165) is 50.1 Å². The summed E-state index contributed by atoms with van der Waals surface area (Å²) >= 11 is 6.38. The average Bonchev–Trinajstić information content (AvgIpc) is 2.64. The van der Waals surface area contributed by atoms with Gasteiger partial charge >= 0.3 is 0 Å². The highest BCUT2D eigenvalue weighted by Gasteiger charge is 2.32. The standard InChI is InChI=1S/C21H32ClNO2/c1-24-16-21(11-14-25-15-12-21)23-13-10-17-6-8-18(9-7-17)19-4-2-3-5-20(19)22/h2-5,17-18,23H,6-16H2,1H3. The monoisotopic (exact) mass is 365 g/mol. The lowest BCUT2D eigenvalue weighted by Crippen LogP contribution is -2.53. The SMILES string of the molecule is COCC1(NCCC2CCC(c3ccccc3Cl)CC2)CCOCC1. The van der Waals surface area contributed by atoms with Crippen molar-refractivity contribution in [3.8, 4) is 0 Å². The molecule has 0 radical (unpaired) electrons. The molecule has 1 N–H and O–H groups in total. The zero-order chi connectivity index (χ0) is 17.5. The van der Waals surface area contributed by atoms with Crippen molar-refractivity contribution in [2.75, 3.05) is 33.5 Å². The fraction of sp³-hybridized carbons (Fsp3) is 0.714. The van der Waals surface area contributed by atoms with Crippen LogP contribution in [0, 0.1) is 5.92 Å². The van der Waals surface area contributed by atoms with E-state index in [1.165, 1.54) is 37.7 Å². The van der Waals surface area contributed by atoms with Crippen molar-refractivity contribution < 1.29 is 9.47 Å². The predicted octanol–water partition coefficient (Wildman–Crippen LogP) is 4.79. The Morgan fingerprint density at radius 2 is 1.88 bits per heavy atom. The summed E-state index contributed by atoms with van der Waals surface area (Å²) in [6.45, 7) is 3.57. The van der Waals surface area contributed by atoms with Gasteiger partial charge in [-0.2, -0.15) is 0 Å². The molecule has 0 amide bonds. The molecule has 0 spiro atoms. The van der Waals surface area contributed by atoms with Gasteiger partial charge in [0.25, 0.3) is 0 Å². The number of methoxy groups -OCH3 is 1. The first kappa shape index (κ1) is 19.2. The lowest BCUT2D eigenvalue weighted by molar-refractivity contribution is 0.0000476. The predicted molar refractivity (Wildman–Crippen MR) is 103 cm³/mol. The van der Waals surface area contributed by atoms with Crippen LogP contribution in [-0.4, -0.2) is 39.0 Å². The molecule has 1 aliphatic carbocycles. The molecule has 1 saturated heterocycles. The Balaban J connectivity index is 1.42. The number of rotatable bonds is 7. The van der Waals surface area contributed by atoms with Gasteiger partial charge in [-0.1, -0.05) is 29.8 Å². The van der Waals surface area contributed by atoms with Gasteiger partial charge in [0.05, 0.1) is 6.61 Å². The van der Waals surface area contributed by atoms with Crippen molar-refractivity contribution in [3.63, 3.8) is 0 Å². The number of halogens is 1. The third-order valence-corrected chi connectivity index (χ3v) is 6.46. The number of nitrogens with one attached hydrogen (secondary N) is 1. The van der Waals surface area contributed by atoms with Crippen LogP contribution in [0.1, 0.15) is 56.4 Å². The van der Waals surface area contributed by atoms with E-state index in [1.54, 1.807) is 7.11 Å². The van der Waals surface area contributed by atoms with Crippen LogP contribution < -0.4 is 5.32 Å². The minimum atomic E-state index is 0.127. The van der Waals surface area contributed by atoms with Crippen LogP contribution in [0.25, 0.3) is 0 Å². The topological polar surface area (TPSA) is 30.5 Å². The Morgan fingerprint density at radius 1 is 1.16 bits per heavy atom. The minimum absolute atomic E-state index is 0.127. The second kappa shape index (κ2) is 9.36. The van der Waals surface area contributed by atoms with Crippen LogP contribution in [0.3, 0.4) is 0 Å². The van der Waals surface area contributed by atoms with E-state index in [0.29, 0.717) is 5.92 Å². The third-order valence-electron chi connectivity index (χ3n) is 6.11. The van der Waals surface area contributed by atoms with E-state index in [4.69, 9.17) is 21.1 Å². The molecule has 3 nitrogen and oxygen atoms in total. The lowest BCUT2D eigenvalue weighted by Gasteiger charge is -2.38. The van der Waals surface area contributed by atoms with Crippen LogP contribution in [-0.2, 0) is 9.47 Å². The highest BCUT2D eigenvalue weighted by atomic mass is 35.5. The van der Waals surface area contributed by atoms with Gasteiger partial charge < -0.3 is 14.8 Å². The van der Waals surface area contributed by atoms with Crippen LogP contribution in [0.4, 0.5) is 0 Å². The van der Waals surface area contributed by atoms with E-state index in [1.807, 2.05) is 12.1 Å². The maximum absolute atomic E-state index is 6.38. The molecule has 1 heterocycles. The van der Waals surface area contributed by atoms with Gasteiger partial charge in [-0.25, -0.2) is 0 Å². The lowest BCUT2D eigenvalue weighted by atomic mass is 9.77. The van der Waals surface area contributed by atoms with Crippen LogP contribution in [0.2, 0.25) is 5.02 Å². The summed E-state index contributed by atoms with van der Waals surface area (Å²) in [5.74, 6) is 1.49. The summed E-state index contributed by atoms with van der Waals surface area (Å²) in [6.07, 6.45) is 8.55. The highest BCUT2D eigenvalue weighted by Crippen LogP contribution is 2.39. The average molecular weight is 366 g/mol. The molecule has 1 saturated carbocycles. The smallest absolute Gasteiger partial charge is 0.0646 e. The molecule has 25 heavy (non-hydrogen) atoms. The van der Waals surface area contributed by atoms with Gasteiger partial charge in [-0.15, -0.1) is 0 Å². The maximum Gasteiger partial charge on any atom is 0.0646 e. The summed E-state index contributed by atoms with van der Waals surface area (Å²) in [5.41, 5.74) is 1.48. The Hall–Kier alpha value is -0.610. The third kappa shape index (κ3) is 5.19. The minimum Gasteiger partial charge on any atom is -0.383 e. The highest BCUT2D eigenvalue weighted by molar-refractivity contribution is 6.31. The molecule has 1 aromatic rings. The number of benzene rings is 1. The van der Waals surface area contributed by atoms with Crippen molar-refractivity contribution >= 4 is 11.6 Å². The first-order chi connectivity index (χ1) is 12.2. The van der Waals surface area contributed by atoms with Crippen molar-refractivity contribution in [3.05, 3.63) is 34.9 Å². The number of ether oxygens (including phenoxy) is 2. The fourth-order valence-electron chi connectivity index (χ4n) is 4.52. The Morgan fingerprint density at radius 3 is 2.56 bits per heavy atom. The zero-order valence-corrected chi connectivity index (χ0v) is 16.2. The van der Waals surface area contributed by atoms with Crippen LogP contribution >= 0.6 is 11.6 Å². The van der Waals surface area contributed by atoms with E-state index in [2.05, 4.69) is 17.4 Å². The van der Waals surface area contributed by atoms with Gasteiger partial charge in [0.1, 0.15) is 0 Å². The van der Waals surface area contributed by atoms with Gasteiger partial charge in [0, 0.05) is 30.9 Å². The van der Waals surface area contributed by atoms with E-state index in [-0.39, 0.29) is 5.54 Å². The molecular weight excluding hydrogens is 334 g/mol. The molecule has 0 aromatic heterocycles. The largest absolute Gasteiger partial charge is 0.383 e. The molecule has 2 fully saturated rings. The fourth-order valence-corrected chi connectivity index (χ4v) is 4.81. The summed E-state index contributed by atoms with van der Waals surface area (Å²) in [6, 6.07) is 8.36. The summed E-state index contributed by atoms with van der Waals surface area (Å²) in [5, 5.41) is 4.75. The quantitative estimate of drug-likeness (QED) is 0.753. The van der Waals surface area contributed by atoms with Crippen molar-refractivity contribution in [2.45, 2.75) is 56.4 Å². The van der Waals surface area contributed by atoms with Gasteiger partial charge in [0.2, 0.25) is 0 Å². The number of hydrogen-bond acceptors (Lipinski definition) is 3. The normalized spacial score (nSPS) is 26.5. The van der Waals surface area contributed by atoms with E-state index >= 15 is 0 Å². The van der Waals surface area contributed by atoms with Crippen molar-refractivity contribution in [2.24, 2.45) is 5.92 Å². The molecule has 2 aliphatic rings. The Bertz CT molecular complexity index is 517. The van der Waals surface area contributed by atoms with Gasteiger partial charge in [-0.3, -0.25) is 0 Å². The molecule has 140 valence electrons. The maximum atomic E-state index is 6.38. The number of hydrogen-bond donors (Lipinski definition) is 1. The van der Waals surface area contributed by atoms with E-state index < -0.39 is 0 Å². The molecule has 0 unspecified atom stereocenters. The summed E-state index contributed by atoms with van der Waals surface area (Å²) in [7, 11) is 1.80. The van der Waals surface area contributed by atoms with Crippen molar-refractivity contribution in [1.82, 2.24) is 5.32 Å². The summed E-state index contributed by atoms with van der Waals surface area (Å²) in [4.78, 5) is 0. The van der Waals surface area contributed by atoms with Gasteiger partial charge in [-0.05, 0) is 75.0 Å². The molecule has 1 aromatic carbocycles. The first-order valence-corrected chi connectivity index (χ1v) is 10.2. The van der Waals surface area contributed by atoms with Gasteiger partial charge in [0.15, 0.2) is 0 Å². The van der Waals surface area contributed by atoms with Crippen LogP contribution in [0.15, 0.2) is 24.3 Å². The molecule has 1 aliphatic heterocycles. The van der Waals surface area contributed by atoms with E-state index in [9.17, 15) is 0 Å². The molecule has 0 bridgehead atoms. The Kier molecular flexibility index (Phi) is 7.18. The Labute approximate surface area is 157 Å².